The zero-order valence-corrected chi connectivity index (χ0v) is 15.6. The fourth-order valence-corrected chi connectivity index (χ4v) is 3.99. The molecule has 1 aromatic heterocycles. The third kappa shape index (κ3) is 3.75. The molecule has 6 nitrogen and oxygen atoms in total. The minimum atomic E-state index is -0.192. The highest BCUT2D eigenvalue weighted by atomic mass is 16.2. The van der Waals surface area contributed by atoms with E-state index in [-0.39, 0.29) is 11.8 Å². The van der Waals surface area contributed by atoms with Crippen LogP contribution in [0.3, 0.4) is 0 Å². The van der Waals surface area contributed by atoms with Crippen molar-refractivity contribution in [3.05, 3.63) is 53.1 Å². The molecule has 0 atom stereocenters. The Morgan fingerprint density at radius 3 is 2.48 bits per heavy atom. The second kappa shape index (κ2) is 7.94. The van der Waals surface area contributed by atoms with E-state index in [1.807, 2.05) is 39.8 Å². The second-order valence-corrected chi connectivity index (χ2v) is 7.36. The molecule has 142 valence electrons. The van der Waals surface area contributed by atoms with Gasteiger partial charge in [0.2, 0.25) is 0 Å². The van der Waals surface area contributed by atoms with Gasteiger partial charge in [0.1, 0.15) is 5.69 Å². The minimum Gasteiger partial charge on any atom is -0.347 e. The molecule has 1 aromatic carbocycles. The van der Waals surface area contributed by atoms with Crippen LogP contribution in [0, 0.1) is 0 Å². The summed E-state index contributed by atoms with van der Waals surface area (Å²) < 4.78 is 1.98. The monoisotopic (exact) mass is 366 g/mol. The Balaban J connectivity index is 1.56. The molecule has 0 aliphatic carbocycles. The summed E-state index contributed by atoms with van der Waals surface area (Å²) in [5.74, 6) is 0.221. The van der Waals surface area contributed by atoms with Crippen molar-refractivity contribution in [2.24, 2.45) is 0 Å². The first-order chi connectivity index (χ1) is 13.2. The molecule has 0 radical (unpaired) electrons. The van der Waals surface area contributed by atoms with Gasteiger partial charge in [-0.3, -0.25) is 9.59 Å². The van der Waals surface area contributed by atoms with Crippen molar-refractivity contribution in [2.45, 2.75) is 51.6 Å². The van der Waals surface area contributed by atoms with Gasteiger partial charge in [0.25, 0.3) is 11.8 Å². The number of carbonyl (C=O) groups is 2. The average Bonchev–Trinajstić information content (AvgIpc) is 3.13. The highest BCUT2D eigenvalue weighted by Gasteiger charge is 2.30. The van der Waals surface area contributed by atoms with E-state index in [1.165, 1.54) is 6.42 Å². The number of benzene rings is 1. The maximum atomic E-state index is 13.0. The van der Waals surface area contributed by atoms with Crippen molar-refractivity contribution >= 4 is 11.8 Å². The number of aromatic nitrogens is 2. The molecule has 0 unspecified atom stereocenters. The fourth-order valence-electron chi connectivity index (χ4n) is 3.99. The van der Waals surface area contributed by atoms with E-state index in [1.54, 1.807) is 0 Å². The van der Waals surface area contributed by atoms with Gasteiger partial charge in [-0.05, 0) is 44.1 Å². The summed E-state index contributed by atoms with van der Waals surface area (Å²) in [6, 6.07) is 9.82. The molecular formula is C21H26N4O2. The molecular weight excluding hydrogens is 340 g/mol. The molecule has 0 bridgehead atoms. The van der Waals surface area contributed by atoms with E-state index < -0.39 is 0 Å². The summed E-state index contributed by atoms with van der Waals surface area (Å²) in [5.41, 5.74) is 2.38. The molecule has 27 heavy (non-hydrogen) atoms. The summed E-state index contributed by atoms with van der Waals surface area (Å²) in [5, 5.41) is 2.96. The van der Waals surface area contributed by atoms with Crippen molar-refractivity contribution < 1.29 is 9.59 Å². The number of nitrogens with zero attached hydrogens (tertiary/aromatic N) is 3. The second-order valence-electron chi connectivity index (χ2n) is 7.36. The standard InChI is InChI=1S/C21H26N4O2/c26-20(22-15-16-9-3-1-4-10-16)18-17-11-5-8-14-25(17)19(23-18)21(27)24-12-6-2-7-13-24/h1,3-4,9-10H,2,5-8,11-15H2,(H,22,26). The van der Waals surface area contributed by atoms with Gasteiger partial charge in [-0.15, -0.1) is 0 Å². The van der Waals surface area contributed by atoms with Crippen LogP contribution in [-0.4, -0.2) is 39.4 Å². The van der Waals surface area contributed by atoms with Crippen LogP contribution in [0.2, 0.25) is 0 Å². The van der Waals surface area contributed by atoms with Gasteiger partial charge in [-0.1, -0.05) is 30.3 Å². The number of hydrogen-bond acceptors (Lipinski definition) is 3. The third-order valence-electron chi connectivity index (χ3n) is 5.46. The van der Waals surface area contributed by atoms with Gasteiger partial charge in [0.05, 0.1) is 5.69 Å². The molecule has 0 saturated carbocycles. The van der Waals surface area contributed by atoms with Gasteiger partial charge in [0, 0.05) is 26.2 Å². The lowest BCUT2D eigenvalue weighted by molar-refractivity contribution is 0.0705. The van der Waals surface area contributed by atoms with Crippen LogP contribution >= 0.6 is 0 Å². The van der Waals surface area contributed by atoms with E-state index >= 15 is 0 Å². The molecule has 1 N–H and O–H groups in total. The van der Waals surface area contributed by atoms with Crippen molar-refractivity contribution in [1.29, 1.82) is 0 Å². The molecule has 1 fully saturated rings. The van der Waals surface area contributed by atoms with Crippen LogP contribution in [0.5, 0.6) is 0 Å². The number of imidazole rings is 1. The molecule has 4 rings (SSSR count). The molecule has 3 heterocycles. The number of rotatable bonds is 4. The third-order valence-corrected chi connectivity index (χ3v) is 5.46. The van der Waals surface area contributed by atoms with Crippen molar-refractivity contribution in [2.75, 3.05) is 13.1 Å². The first kappa shape index (κ1) is 17.8. The van der Waals surface area contributed by atoms with Gasteiger partial charge < -0.3 is 14.8 Å². The van der Waals surface area contributed by atoms with Crippen molar-refractivity contribution in [1.82, 2.24) is 19.8 Å². The smallest absolute Gasteiger partial charge is 0.289 e. The molecule has 2 aromatic rings. The Hall–Kier alpha value is -2.63. The van der Waals surface area contributed by atoms with Crippen LogP contribution in [0.25, 0.3) is 0 Å². The van der Waals surface area contributed by atoms with Crippen LogP contribution in [0.15, 0.2) is 30.3 Å². The maximum absolute atomic E-state index is 13.0. The topological polar surface area (TPSA) is 67.2 Å². The Bertz CT molecular complexity index is 822. The number of hydrogen-bond donors (Lipinski definition) is 1. The summed E-state index contributed by atoms with van der Waals surface area (Å²) in [4.78, 5) is 32.2. The van der Waals surface area contributed by atoms with Gasteiger partial charge in [0.15, 0.2) is 5.82 Å². The zero-order valence-electron chi connectivity index (χ0n) is 15.6. The quantitative estimate of drug-likeness (QED) is 0.905. The highest BCUT2D eigenvalue weighted by Crippen LogP contribution is 2.23. The lowest BCUT2D eigenvalue weighted by Gasteiger charge is -2.27. The normalized spacial score (nSPS) is 16.7. The van der Waals surface area contributed by atoms with E-state index in [0.29, 0.717) is 18.1 Å². The van der Waals surface area contributed by atoms with E-state index in [2.05, 4.69) is 10.3 Å². The maximum Gasteiger partial charge on any atom is 0.289 e. The predicted molar refractivity (Wildman–Crippen MR) is 103 cm³/mol. The first-order valence-electron chi connectivity index (χ1n) is 9.95. The van der Waals surface area contributed by atoms with Crippen LogP contribution in [0.1, 0.15) is 64.5 Å². The number of nitrogens with one attached hydrogen (secondary N) is 1. The lowest BCUT2D eigenvalue weighted by atomic mass is 10.1. The lowest BCUT2D eigenvalue weighted by Crippen LogP contribution is -2.37. The Kier molecular flexibility index (Phi) is 5.23. The summed E-state index contributed by atoms with van der Waals surface area (Å²) >= 11 is 0. The largest absolute Gasteiger partial charge is 0.347 e. The van der Waals surface area contributed by atoms with Crippen molar-refractivity contribution in [3.63, 3.8) is 0 Å². The van der Waals surface area contributed by atoms with E-state index in [9.17, 15) is 9.59 Å². The predicted octanol–water partition coefficient (Wildman–Crippen LogP) is 2.78. The van der Waals surface area contributed by atoms with Gasteiger partial charge >= 0.3 is 0 Å². The van der Waals surface area contributed by atoms with Gasteiger partial charge in [-0.2, -0.15) is 0 Å². The fraction of sp³-hybridized carbons (Fsp3) is 0.476. The molecule has 1 saturated heterocycles. The summed E-state index contributed by atoms with van der Waals surface area (Å²) in [7, 11) is 0. The zero-order chi connectivity index (χ0) is 18.6. The van der Waals surface area contributed by atoms with Gasteiger partial charge in [-0.25, -0.2) is 4.98 Å². The summed E-state index contributed by atoms with van der Waals surface area (Å²) in [6.07, 6.45) is 6.12. The molecule has 2 aliphatic heterocycles. The highest BCUT2D eigenvalue weighted by molar-refractivity contribution is 5.97. The Labute approximate surface area is 159 Å². The number of amides is 2. The number of likely N-dealkylation sites (tertiary alicyclic amines) is 1. The molecule has 6 heteroatoms. The van der Waals surface area contributed by atoms with Crippen molar-refractivity contribution in [3.8, 4) is 0 Å². The van der Waals surface area contributed by atoms with Crippen LogP contribution < -0.4 is 5.32 Å². The molecule has 2 aliphatic rings. The van der Waals surface area contributed by atoms with E-state index in [4.69, 9.17) is 0 Å². The number of piperidine rings is 1. The minimum absolute atomic E-state index is 0.0278. The summed E-state index contributed by atoms with van der Waals surface area (Å²) in [6.45, 7) is 2.80. The van der Waals surface area contributed by atoms with Crippen LogP contribution in [0.4, 0.5) is 0 Å². The van der Waals surface area contributed by atoms with Crippen LogP contribution in [-0.2, 0) is 19.5 Å². The first-order valence-corrected chi connectivity index (χ1v) is 9.95. The SMILES string of the molecule is O=C(NCc1ccccc1)c1nc(C(=O)N2CCCCC2)n2c1CCCC2. The average molecular weight is 366 g/mol. The van der Waals surface area contributed by atoms with E-state index in [0.717, 1.165) is 63.0 Å². The molecule has 2 amide bonds. The number of fused-ring (bicyclic) bond motifs is 1. The number of carbonyl (C=O) groups excluding carboxylic acids is 2. The Morgan fingerprint density at radius 2 is 1.70 bits per heavy atom. The Morgan fingerprint density at radius 1 is 0.963 bits per heavy atom. The molecule has 0 spiro atoms.